The van der Waals surface area contributed by atoms with Gasteiger partial charge in [-0.1, -0.05) is 41.4 Å². The summed E-state index contributed by atoms with van der Waals surface area (Å²) >= 11 is 6.08. The molecule has 0 saturated heterocycles. The summed E-state index contributed by atoms with van der Waals surface area (Å²) in [5, 5.41) is 3.52. The van der Waals surface area contributed by atoms with Crippen molar-refractivity contribution in [3.8, 4) is 28.4 Å². The van der Waals surface area contributed by atoms with E-state index in [1.54, 1.807) is 47.0 Å². The average molecular weight is 569 g/mol. The van der Waals surface area contributed by atoms with Gasteiger partial charge in [-0.05, 0) is 61.5 Å². The number of aromatic nitrogens is 2. The Morgan fingerprint density at radius 3 is 2.54 bits per heavy atom. The highest BCUT2D eigenvalue weighted by Gasteiger charge is 2.24. The highest BCUT2D eigenvalue weighted by Crippen LogP contribution is 2.33. The van der Waals surface area contributed by atoms with Crippen LogP contribution in [0.25, 0.3) is 16.9 Å². The van der Waals surface area contributed by atoms with Crippen LogP contribution < -0.4 is 14.8 Å². The lowest BCUT2D eigenvalue weighted by Gasteiger charge is -2.21. The van der Waals surface area contributed by atoms with Crippen LogP contribution in [0.2, 0.25) is 5.02 Å². The van der Waals surface area contributed by atoms with Crippen LogP contribution >= 0.6 is 11.6 Å². The van der Waals surface area contributed by atoms with Crippen LogP contribution in [0, 0.1) is 6.92 Å². The van der Waals surface area contributed by atoms with Crippen LogP contribution in [0.15, 0.2) is 95.7 Å². The zero-order valence-corrected chi connectivity index (χ0v) is 22.8. The maximum absolute atomic E-state index is 13.6. The number of carbonyl (C=O) groups is 2. The third-order valence-electron chi connectivity index (χ3n) is 6.58. The number of ether oxygens (including phenoxy) is 2. The number of nitrogens with one attached hydrogen (secondary N) is 1. The smallest absolute Gasteiger partial charge is 0.254 e. The summed E-state index contributed by atoms with van der Waals surface area (Å²) < 4.78 is 18.1. The number of rotatable bonds is 8. The number of imidazole rings is 1. The minimum atomic E-state index is -0.424. The lowest BCUT2D eigenvalue weighted by molar-refractivity contribution is -0.117. The summed E-state index contributed by atoms with van der Waals surface area (Å²) in [4.78, 5) is 33.1. The number of furan rings is 1. The Balaban J connectivity index is 1.28. The first-order chi connectivity index (χ1) is 19.9. The molecule has 9 nitrogen and oxygen atoms in total. The lowest BCUT2D eigenvalue weighted by Crippen LogP contribution is -2.37. The van der Waals surface area contributed by atoms with Crippen molar-refractivity contribution in [1.29, 1.82) is 0 Å². The summed E-state index contributed by atoms with van der Waals surface area (Å²) in [6.45, 7) is 1.95. The Kier molecular flexibility index (Phi) is 7.18. The second kappa shape index (κ2) is 11.2. The maximum Gasteiger partial charge on any atom is 0.254 e. The van der Waals surface area contributed by atoms with E-state index >= 15 is 0 Å². The van der Waals surface area contributed by atoms with Gasteiger partial charge in [-0.15, -0.1) is 0 Å². The molecule has 0 bridgehead atoms. The summed E-state index contributed by atoms with van der Waals surface area (Å²) in [7, 11) is 0. The SMILES string of the molecule is Cc1ccc(-n2cc(-c3ccc(Cl)cc3)nc2NC(=O)CN(Cc2ccco2)C(=O)c2ccc3c(c2)OCO3)cc1. The molecule has 2 aromatic heterocycles. The van der Waals surface area contributed by atoms with Gasteiger partial charge in [0, 0.05) is 28.0 Å². The maximum atomic E-state index is 13.6. The highest BCUT2D eigenvalue weighted by molar-refractivity contribution is 6.30. The predicted molar refractivity (Wildman–Crippen MR) is 153 cm³/mol. The van der Waals surface area contributed by atoms with Crippen molar-refractivity contribution < 1.29 is 23.5 Å². The van der Waals surface area contributed by atoms with Gasteiger partial charge in [0.15, 0.2) is 11.5 Å². The molecule has 3 aromatic carbocycles. The second-order valence-electron chi connectivity index (χ2n) is 9.52. The van der Waals surface area contributed by atoms with Gasteiger partial charge in [0.25, 0.3) is 5.91 Å². The number of anilines is 1. The van der Waals surface area contributed by atoms with E-state index < -0.39 is 5.91 Å². The van der Waals surface area contributed by atoms with Gasteiger partial charge in [0.2, 0.25) is 18.6 Å². The van der Waals surface area contributed by atoms with Gasteiger partial charge in [-0.2, -0.15) is 0 Å². The molecule has 0 atom stereocenters. The first-order valence-electron chi connectivity index (χ1n) is 12.9. The zero-order valence-electron chi connectivity index (χ0n) is 22.0. The molecule has 5 aromatic rings. The molecule has 1 aliphatic rings. The molecule has 1 aliphatic heterocycles. The standard InChI is InChI=1S/C31H25ClN4O5/c1-20-4-11-24(12-5-20)36-17-26(21-6-9-23(32)10-7-21)33-31(36)34-29(37)18-35(16-25-3-2-14-39-25)30(38)22-8-13-27-28(15-22)41-19-40-27/h2-15,17H,16,18-19H2,1H3,(H,33,34,37). The number of carbonyl (C=O) groups excluding carboxylic acids is 2. The molecule has 0 saturated carbocycles. The van der Waals surface area contributed by atoms with Gasteiger partial charge in [-0.25, -0.2) is 4.98 Å². The van der Waals surface area contributed by atoms with Crippen LogP contribution in [0.5, 0.6) is 11.5 Å². The van der Waals surface area contributed by atoms with E-state index in [0.29, 0.717) is 39.5 Å². The third kappa shape index (κ3) is 5.80. The number of halogens is 1. The molecular formula is C31H25ClN4O5. The van der Waals surface area contributed by atoms with Crippen molar-refractivity contribution in [3.05, 3.63) is 113 Å². The van der Waals surface area contributed by atoms with E-state index in [1.807, 2.05) is 49.5 Å². The van der Waals surface area contributed by atoms with Crippen LogP contribution in [0.4, 0.5) is 5.95 Å². The molecule has 0 unspecified atom stereocenters. The number of amides is 2. The average Bonchev–Trinajstić information content (AvgIpc) is 3.74. The number of nitrogens with zero attached hydrogens (tertiary/aromatic N) is 3. The summed E-state index contributed by atoms with van der Waals surface area (Å²) in [6.07, 6.45) is 3.37. The Hall–Kier alpha value is -5.02. The first kappa shape index (κ1) is 26.2. The number of aryl methyl sites for hydroxylation is 1. The van der Waals surface area contributed by atoms with Crippen molar-refractivity contribution in [2.45, 2.75) is 13.5 Å². The topological polar surface area (TPSA) is 98.8 Å². The molecule has 6 rings (SSSR count). The van der Waals surface area contributed by atoms with Crippen molar-refractivity contribution in [2.75, 3.05) is 18.7 Å². The zero-order chi connectivity index (χ0) is 28.3. The van der Waals surface area contributed by atoms with Gasteiger partial charge in [-0.3, -0.25) is 19.5 Å². The fourth-order valence-corrected chi connectivity index (χ4v) is 4.60. The molecular weight excluding hydrogens is 544 g/mol. The van der Waals surface area contributed by atoms with E-state index in [0.717, 1.165) is 16.8 Å². The normalized spacial score (nSPS) is 11.9. The number of benzene rings is 3. The monoisotopic (exact) mass is 568 g/mol. The minimum Gasteiger partial charge on any atom is -0.467 e. The molecule has 41 heavy (non-hydrogen) atoms. The summed E-state index contributed by atoms with van der Waals surface area (Å²) in [5.41, 5.74) is 3.78. The quantitative estimate of drug-likeness (QED) is 0.243. The van der Waals surface area contributed by atoms with Gasteiger partial charge in [0.05, 0.1) is 18.5 Å². The number of fused-ring (bicyclic) bond motifs is 1. The molecule has 10 heteroatoms. The van der Waals surface area contributed by atoms with Crippen LogP contribution in [0.3, 0.4) is 0 Å². The third-order valence-corrected chi connectivity index (χ3v) is 6.83. The molecule has 0 spiro atoms. The van der Waals surface area contributed by atoms with Crippen molar-refractivity contribution in [1.82, 2.24) is 14.5 Å². The van der Waals surface area contributed by atoms with Crippen molar-refractivity contribution in [2.24, 2.45) is 0 Å². The lowest BCUT2D eigenvalue weighted by atomic mass is 10.1. The van der Waals surface area contributed by atoms with Gasteiger partial charge >= 0.3 is 0 Å². The largest absolute Gasteiger partial charge is 0.467 e. The molecule has 0 aliphatic carbocycles. The molecule has 3 heterocycles. The summed E-state index contributed by atoms with van der Waals surface area (Å²) in [5.74, 6) is 1.12. The predicted octanol–water partition coefficient (Wildman–Crippen LogP) is 6.10. The fourth-order valence-electron chi connectivity index (χ4n) is 4.47. The second-order valence-corrected chi connectivity index (χ2v) is 9.96. The molecule has 1 N–H and O–H groups in total. The molecule has 0 radical (unpaired) electrons. The summed E-state index contributed by atoms with van der Waals surface area (Å²) in [6, 6.07) is 23.6. The van der Waals surface area contributed by atoms with E-state index in [1.165, 1.54) is 11.2 Å². The minimum absolute atomic E-state index is 0.0934. The Morgan fingerprint density at radius 1 is 1.00 bits per heavy atom. The van der Waals surface area contributed by atoms with E-state index in [4.69, 9.17) is 30.5 Å². The number of hydrogen-bond donors (Lipinski definition) is 1. The molecule has 206 valence electrons. The van der Waals surface area contributed by atoms with Crippen LogP contribution in [-0.4, -0.2) is 39.6 Å². The van der Waals surface area contributed by atoms with E-state index in [-0.39, 0.29) is 25.8 Å². The Labute approximate surface area is 240 Å². The Bertz CT molecular complexity index is 1700. The van der Waals surface area contributed by atoms with Gasteiger partial charge in [0.1, 0.15) is 12.3 Å². The molecule has 0 fully saturated rings. The van der Waals surface area contributed by atoms with Crippen LogP contribution in [0.1, 0.15) is 21.7 Å². The van der Waals surface area contributed by atoms with Crippen molar-refractivity contribution in [3.63, 3.8) is 0 Å². The van der Waals surface area contributed by atoms with E-state index in [9.17, 15) is 9.59 Å². The Morgan fingerprint density at radius 2 is 1.78 bits per heavy atom. The van der Waals surface area contributed by atoms with Crippen LogP contribution in [-0.2, 0) is 11.3 Å². The van der Waals surface area contributed by atoms with E-state index in [2.05, 4.69) is 5.32 Å². The first-order valence-corrected chi connectivity index (χ1v) is 13.2. The van der Waals surface area contributed by atoms with Crippen molar-refractivity contribution >= 4 is 29.4 Å². The molecule has 2 amide bonds. The van der Waals surface area contributed by atoms with Gasteiger partial charge < -0.3 is 18.8 Å². The highest BCUT2D eigenvalue weighted by atomic mass is 35.5. The fraction of sp³-hybridized carbons (Fsp3) is 0.129. The number of hydrogen-bond acceptors (Lipinski definition) is 6.